The lowest BCUT2D eigenvalue weighted by atomic mass is 10.1. The lowest BCUT2D eigenvalue weighted by molar-refractivity contribution is 0.203. The van der Waals surface area contributed by atoms with E-state index in [-0.39, 0.29) is 7.92 Å². The molecule has 1 fully saturated rings. The molecule has 3 aromatic rings. The van der Waals surface area contributed by atoms with Crippen molar-refractivity contribution in [3.05, 3.63) is 90.8 Å². The molecule has 1 saturated heterocycles. The second-order valence-corrected chi connectivity index (χ2v) is 9.50. The van der Waals surface area contributed by atoms with Crippen LogP contribution in [0.2, 0.25) is 0 Å². The van der Waals surface area contributed by atoms with Gasteiger partial charge >= 0.3 is 0 Å². The summed E-state index contributed by atoms with van der Waals surface area (Å²) in [6.45, 7) is 3.49. The average Bonchev–Trinajstić information content (AvgIpc) is 3.21. The van der Waals surface area contributed by atoms with Crippen molar-refractivity contribution < 1.29 is 0 Å². The van der Waals surface area contributed by atoms with Crippen LogP contribution in [-0.2, 0) is 0 Å². The molecule has 2 nitrogen and oxygen atoms in total. The zero-order valence-corrected chi connectivity index (χ0v) is 16.8. The Labute approximate surface area is 164 Å². The van der Waals surface area contributed by atoms with Crippen molar-refractivity contribution in [2.24, 2.45) is 0 Å². The number of pyridine rings is 1. The molecule has 0 aliphatic carbocycles. The molecule has 0 amide bonds. The molecular weight excluding hydrogens is 347 g/mol. The van der Waals surface area contributed by atoms with Crippen LogP contribution < -0.4 is 10.6 Å². The van der Waals surface area contributed by atoms with E-state index in [2.05, 4.69) is 89.6 Å². The standard InChI is InChI=1S/C24H27N2P/c1-20(24-16-8-9-17-25-24)26-18-10-11-21(26)19-27(22-12-4-2-5-13-22)23-14-6-3-7-15-23/h2-9,12-17,20-21H,10-11,18-19H2,1H3/t20-,21+/m0/s1. The van der Waals surface area contributed by atoms with Gasteiger partial charge in [-0.1, -0.05) is 66.7 Å². The van der Waals surface area contributed by atoms with E-state index in [0.29, 0.717) is 12.1 Å². The molecule has 2 atom stereocenters. The molecule has 0 spiro atoms. The number of benzene rings is 2. The Morgan fingerprint density at radius 2 is 1.56 bits per heavy atom. The van der Waals surface area contributed by atoms with Gasteiger partial charge in [-0.3, -0.25) is 9.88 Å². The van der Waals surface area contributed by atoms with Gasteiger partial charge in [0.15, 0.2) is 0 Å². The van der Waals surface area contributed by atoms with Gasteiger partial charge < -0.3 is 0 Å². The SMILES string of the molecule is C[C@@H](c1ccccn1)N1CCC[C@@H]1CP(c1ccccc1)c1ccccc1. The van der Waals surface area contributed by atoms with Crippen LogP contribution >= 0.6 is 7.92 Å². The fourth-order valence-electron chi connectivity index (χ4n) is 4.14. The molecule has 27 heavy (non-hydrogen) atoms. The summed E-state index contributed by atoms with van der Waals surface area (Å²) in [7, 11) is -0.344. The maximum atomic E-state index is 4.62. The first kappa shape index (κ1) is 18.3. The van der Waals surface area contributed by atoms with Gasteiger partial charge in [-0.25, -0.2) is 0 Å². The third-order valence-corrected chi connectivity index (χ3v) is 8.19. The van der Waals surface area contributed by atoms with E-state index in [0.717, 1.165) is 0 Å². The minimum absolute atomic E-state index is 0.344. The number of hydrogen-bond donors (Lipinski definition) is 0. The lowest BCUT2D eigenvalue weighted by Gasteiger charge is -2.33. The Morgan fingerprint density at radius 3 is 2.15 bits per heavy atom. The number of nitrogens with zero attached hydrogens (tertiary/aromatic N) is 2. The molecule has 4 rings (SSSR count). The summed E-state index contributed by atoms with van der Waals surface area (Å²) in [4.78, 5) is 7.30. The minimum Gasteiger partial charge on any atom is -0.292 e. The normalized spacial score (nSPS) is 18.7. The molecule has 2 heterocycles. The predicted molar refractivity (Wildman–Crippen MR) is 116 cm³/mol. The van der Waals surface area contributed by atoms with Gasteiger partial charge in [0.1, 0.15) is 0 Å². The molecule has 1 aliphatic rings. The van der Waals surface area contributed by atoms with Gasteiger partial charge in [0.05, 0.1) is 5.69 Å². The highest BCUT2D eigenvalue weighted by atomic mass is 31.1. The number of rotatable bonds is 6. The summed E-state index contributed by atoms with van der Waals surface area (Å²) in [5, 5.41) is 2.96. The largest absolute Gasteiger partial charge is 0.292 e. The first-order valence-electron chi connectivity index (χ1n) is 9.87. The van der Waals surface area contributed by atoms with E-state index in [9.17, 15) is 0 Å². The Hall–Kier alpha value is -2.02. The summed E-state index contributed by atoms with van der Waals surface area (Å²) < 4.78 is 0. The molecule has 0 N–H and O–H groups in total. The first-order chi connectivity index (χ1) is 13.3. The Balaban J connectivity index is 1.59. The van der Waals surface area contributed by atoms with Crippen LogP contribution in [0.5, 0.6) is 0 Å². The molecule has 1 aromatic heterocycles. The van der Waals surface area contributed by atoms with Crippen LogP contribution in [0.3, 0.4) is 0 Å². The zero-order chi connectivity index (χ0) is 18.5. The van der Waals surface area contributed by atoms with Crippen molar-refractivity contribution in [3.63, 3.8) is 0 Å². The summed E-state index contributed by atoms with van der Waals surface area (Å²) in [5.41, 5.74) is 1.19. The van der Waals surface area contributed by atoms with Gasteiger partial charge in [-0.15, -0.1) is 0 Å². The third-order valence-electron chi connectivity index (χ3n) is 5.57. The highest BCUT2D eigenvalue weighted by molar-refractivity contribution is 7.73. The summed E-state index contributed by atoms with van der Waals surface area (Å²) in [5.74, 6) is 0. The molecule has 0 radical (unpaired) electrons. The van der Waals surface area contributed by atoms with Crippen molar-refractivity contribution in [2.75, 3.05) is 12.7 Å². The molecule has 3 heteroatoms. The second-order valence-electron chi connectivity index (χ2n) is 7.25. The molecule has 0 saturated carbocycles. The molecule has 0 bridgehead atoms. The van der Waals surface area contributed by atoms with Gasteiger partial charge in [0, 0.05) is 18.3 Å². The van der Waals surface area contributed by atoms with Gasteiger partial charge in [0.2, 0.25) is 0 Å². The molecule has 1 aliphatic heterocycles. The highest BCUT2D eigenvalue weighted by Gasteiger charge is 2.32. The first-order valence-corrected chi connectivity index (χ1v) is 11.4. The van der Waals surface area contributed by atoms with Crippen LogP contribution in [0.15, 0.2) is 85.1 Å². The van der Waals surface area contributed by atoms with Gasteiger partial charge in [0.25, 0.3) is 0 Å². The van der Waals surface area contributed by atoms with E-state index in [1.165, 1.54) is 41.9 Å². The quantitative estimate of drug-likeness (QED) is 0.580. The van der Waals surface area contributed by atoms with E-state index in [1.54, 1.807) is 0 Å². The Kier molecular flexibility index (Phi) is 5.97. The van der Waals surface area contributed by atoms with Crippen LogP contribution in [0.4, 0.5) is 0 Å². The average molecular weight is 374 g/mol. The fraction of sp³-hybridized carbons (Fsp3) is 0.292. The van der Waals surface area contributed by atoms with Crippen molar-refractivity contribution in [1.82, 2.24) is 9.88 Å². The molecule has 138 valence electrons. The van der Waals surface area contributed by atoms with Crippen LogP contribution in [0.25, 0.3) is 0 Å². The lowest BCUT2D eigenvalue weighted by Crippen LogP contribution is -2.36. The monoisotopic (exact) mass is 374 g/mol. The Morgan fingerprint density at radius 1 is 0.926 bits per heavy atom. The number of likely N-dealkylation sites (tertiary alicyclic amines) is 1. The minimum atomic E-state index is -0.344. The molecule has 2 aromatic carbocycles. The van der Waals surface area contributed by atoms with E-state index < -0.39 is 0 Å². The van der Waals surface area contributed by atoms with Gasteiger partial charge in [-0.2, -0.15) is 0 Å². The number of aromatic nitrogens is 1. The fourth-order valence-corrected chi connectivity index (χ4v) is 6.74. The van der Waals surface area contributed by atoms with E-state index >= 15 is 0 Å². The maximum Gasteiger partial charge on any atom is 0.0572 e. The summed E-state index contributed by atoms with van der Waals surface area (Å²) >= 11 is 0. The van der Waals surface area contributed by atoms with Crippen LogP contribution in [-0.4, -0.2) is 28.6 Å². The van der Waals surface area contributed by atoms with E-state index in [4.69, 9.17) is 0 Å². The highest BCUT2D eigenvalue weighted by Crippen LogP contribution is 2.39. The predicted octanol–water partition coefficient (Wildman–Crippen LogP) is 4.74. The van der Waals surface area contributed by atoms with Crippen molar-refractivity contribution in [3.8, 4) is 0 Å². The van der Waals surface area contributed by atoms with Crippen molar-refractivity contribution in [1.29, 1.82) is 0 Å². The van der Waals surface area contributed by atoms with E-state index in [1.807, 2.05) is 12.3 Å². The third kappa shape index (κ3) is 4.29. The molecule has 0 unspecified atom stereocenters. The van der Waals surface area contributed by atoms with Crippen LogP contribution in [0.1, 0.15) is 31.5 Å². The number of hydrogen-bond acceptors (Lipinski definition) is 2. The van der Waals surface area contributed by atoms with Crippen molar-refractivity contribution >= 4 is 18.5 Å². The maximum absolute atomic E-state index is 4.62. The summed E-state index contributed by atoms with van der Waals surface area (Å²) in [6.07, 6.45) is 5.71. The van der Waals surface area contributed by atoms with Gasteiger partial charge in [-0.05, 0) is 63.1 Å². The van der Waals surface area contributed by atoms with Crippen molar-refractivity contribution in [2.45, 2.75) is 31.8 Å². The second kappa shape index (κ2) is 8.78. The van der Waals surface area contributed by atoms with Crippen LogP contribution in [0, 0.1) is 0 Å². The molecular formula is C24H27N2P. The topological polar surface area (TPSA) is 16.1 Å². The Bertz CT molecular complexity index is 783. The summed E-state index contributed by atoms with van der Waals surface area (Å²) in [6, 6.07) is 29.4. The smallest absolute Gasteiger partial charge is 0.0572 e. The zero-order valence-electron chi connectivity index (χ0n) is 15.9.